The Morgan fingerprint density at radius 3 is 3.00 bits per heavy atom. The molecule has 0 bridgehead atoms. The van der Waals surface area contributed by atoms with Gasteiger partial charge in [-0.1, -0.05) is 0 Å². The minimum Gasteiger partial charge on any atom is -0.389 e. The van der Waals surface area contributed by atoms with Crippen LogP contribution in [-0.4, -0.2) is 40.7 Å². The highest BCUT2D eigenvalue weighted by molar-refractivity contribution is 9.10. The lowest BCUT2D eigenvalue weighted by atomic mass is 9.88. The molecular weight excluding hydrogens is 280 g/mol. The molecule has 1 atom stereocenters. The molecule has 0 saturated carbocycles. The third-order valence-corrected chi connectivity index (χ3v) is 3.87. The smallest absolute Gasteiger partial charge is 0.0701 e. The predicted octanol–water partition coefficient (Wildman–Crippen LogP) is 2.23. The maximum absolute atomic E-state index is 10.6. The van der Waals surface area contributed by atoms with Gasteiger partial charge >= 0.3 is 0 Å². The summed E-state index contributed by atoms with van der Waals surface area (Å²) in [6, 6.07) is 2.04. The number of rotatable bonds is 2. The first-order valence-corrected chi connectivity index (χ1v) is 6.87. The molecule has 1 unspecified atom stereocenters. The molecule has 1 aromatic rings. The van der Waals surface area contributed by atoms with Gasteiger partial charge in [-0.15, -0.1) is 0 Å². The average molecular weight is 299 g/mol. The van der Waals surface area contributed by atoms with E-state index >= 15 is 0 Å². The lowest BCUT2D eigenvalue weighted by molar-refractivity contribution is 0.0262. The van der Waals surface area contributed by atoms with Crippen LogP contribution in [0.25, 0.3) is 0 Å². The molecule has 0 radical (unpaired) electrons. The fourth-order valence-corrected chi connectivity index (χ4v) is 2.84. The van der Waals surface area contributed by atoms with E-state index in [1.165, 1.54) is 0 Å². The lowest BCUT2D eigenvalue weighted by Gasteiger charge is -2.26. The summed E-state index contributed by atoms with van der Waals surface area (Å²) in [7, 11) is 2.12. The Labute approximate surface area is 111 Å². The van der Waals surface area contributed by atoms with Crippen molar-refractivity contribution in [3.8, 4) is 0 Å². The van der Waals surface area contributed by atoms with Crippen molar-refractivity contribution in [2.24, 2.45) is 0 Å². The van der Waals surface area contributed by atoms with Crippen LogP contribution in [0.15, 0.2) is 22.9 Å². The quantitative estimate of drug-likeness (QED) is 0.910. The van der Waals surface area contributed by atoms with Gasteiger partial charge in [-0.25, -0.2) is 0 Å². The van der Waals surface area contributed by atoms with E-state index < -0.39 is 5.60 Å². The molecule has 1 aliphatic rings. The van der Waals surface area contributed by atoms with E-state index in [0.29, 0.717) is 6.42 Å². The average Bonchev–Trinajstić information content (AvgIpc) is 2.41. The molecule has 1 N–H and O–H groups in total. The van der Waals surface area contributed by atoms with Crippen LogP contribution < -0.4 is 0 Å². The molecule has 2 heterocycles. The topological polar surface area (TPSA) is 36.4 Å². The summed E-state index contributed by atoms with van der Waals surface area (Å²) < 4.78 is 0.976. The lowest BCUT2D eigenvalue weighted by Crippen LogP contribution is -2.32. The van der Waals surface area contributed by atoms with Crippen LogP contribution in [0.4, 0.5) is 0 Å². The molecular formula is C13H19BrN2O. The van der Waals surface area contributed by atoms with E-state index in [2.05, 4.69) is 32.9 Å². The Morgan fingerprint density at radius 1 is 1.41 bits per heavy atom. The van der Waals surface area contributed by atoms with Gasteiger partial charge in [-0.05, 0) is 60.4 Å². The maximum atomic E-state index is 10.6. The third-order valence-electron chi connectivity index (χ3n) is 3.44. The monoisotopic (exact) mass is 298 g/mol. The molecule has 0 amide bonds. The predicted molar refractivity (Wildman–Crippen MR) is 71.9 cm³/mol. The number of aliphatic hydroxyl groups is 1. The third kappa shape index (κ3) is 3.76. The summed E-state index contributed by atoms with van der Waals surface area (Å²) in [6.45, 7) is 2.05. The number of likely N-dealkylation sites (tertiary alicyclic amines) is 1. The highest BCUT2D eigenvalue weighted by atomic mass is 79.9. The zero-order valence-electron chi connectivity index (χ0n) is 10.2. The summed E-state index contributed by atoms with van der Waals surface area (Å²) in [5.74, 6) is 0. The molecule has 1 aromatic heterocycles. The van der Waals surface area contributed by atoms with Crippen LogP contribution in [0.1, 0.15) is 24.8 Å². The summed E-state index contributed by atoms with van der Waals surface area (Å²) in [4.78, 5) is 6.44. The Morgan fingerprint density at radius 2 is 2.24 bits per heavy atom. The van der Waals surface area contributed by atoms with Gasteiger partial charge in [-0.3, -0.25) is 4.98 Å². The van der Waals surface area contributed by atoms with Crippen LogP contribution in [0.3, 0.4) is 0 Å². The van der Waals surface area contributed by atoms with E-state index in [-0.39, 0.29) is 0 Å². The second-order valence-corrected chi connectivity index (χ2v) is 5.99. The SMILES string of the molecule is CN1CCCC(O)(Cc2cncc(Br)c2)CC1. The van der Waals surface area contributed by atoms with Crippen LogP contribution in [-0.2, 0) is 6.42 Å². The molecule has 17 heavy (non-hydrogen) atoms. The highest BCUT2D eigenvalue weighted by Crippen LogP contribution is 2.26. The fraction of sp³-hybridized carbons (Fsp3) is 0.615. The van der Waals surface area contributed by atoms with Crippen LogP contribution in [0, 0.1) is 0 Å². The first kappa shape index (κ1) is 13.0. The minimum atomic E-state index is -0.562. The number of hydrogen-bond acceptors (Lipinski definition) is 3. The molecule has 2 rings (SSSR count). The molecule has 1 saturated heterocycles. The van der Waals surface area contributed by atoms with Crippen molar-refractivity contribution in [2.75, 3.05) is 20.1 Å². The van der Waals surface area contributed by atoms with E-state index in [4.69, 9.17) is 0 Å². The summed E-state index contributed by atoms with van der Waals surface area (Å²) in [5.41, 5.74) is 0.541. The Kier molecular flexibility index (Phi) is 4.17. The molecule has 3 nitrogen and oxygen atoms in total. The number of halogens is 1. The fourth-order valence-electron chi connectivity index (χ4n) is 2.42. The van der Waals surface area contributed by atoms with E-state index in [1.807, 2.05) is 12.3 Å². The molecule has 1 aliphatic heterocycles. The second kappa shape index (κ2) is 5.46. The van der Waals surface area contributed by atoms with Gasteiger partial charge in [0.25, 0.3) is 0 Å². The first-order chi connectivity index (χ1) is 8.07. The number of pyridine rings is 1. The van der Waals surface area contributed by atoms with E-state index in [0.717, 1.165) is 42.4 Å². The highest BCUT2D eigenvalue weighted by Gasteiger charge is 2.29. The van der Waals surface area contributed by atoms with Gasteiger partial charge in [-0.2, -0.15) is 0 Å². The zero-order valence-corrected chi connectivity index (χ0v) is 11.8. The van der Waals surface area contributed by atoms with E-state index in [9.17, 15) is 5.11 Å². The Bertz CT molecular complexity index is 385. The van der Waals surface area contributed by atoms with Crippen molar-refractivity contribution >= 4 is 15.9 Å². The number of hydrogen-bond donors (Lipinski definition) is 1. The van der Waals surface area contributed by atoms with Crippen molar-refractivity contribution in [2.45, 2.75) is 31.3 Å². The van der Waals surface area contributed by atoms with Crippen molar-refractivity contribution in [3.63, 3.8) is 0 Å². The number of nitrogens with zero attached hydrogens (tertiary/aromatic N) is 2. The van der Waals surface area contributed by atoms with Crippen LogP contribution in [0.2, 0.25) is 0 Å². The van der Waals surface area contributed by atoms with Crippen molar-refractivity contribution in [1.29, 1.82) is 0 Å². The molecule has 0 aromatic carbocycles. The standard InChI is InChI=1S/C13H19BrN2O/c1-16-5-2-3-13(17,4-6-16)8-11-7-12(14)10-15-9-11/h7,9-10,17H,2-6,8H2,1H3. The van der Waals surface area contributed by atoms with Gasteiger partial charge in [0.2, 0.25) is 0 Å². The van der Waals surface area contributed by atoms with Gasteiger partial charge in [0.05, 0.1) is 5.60 Å². The van der Waals surface area contributed by atoms with Gasteiger partial charge < -0.3 is 10.0 Å². The molecule has 94 valence electrons. The Hall–Kier alpha value is -0.450. The van der Waals surface area contributed by atoms with Crippen molar-refractivity contribution < 1.29 is 5.11 Å². The van der Waals surface area contributed by atoms with Crippen molar-refractivity contribution in [1.82, 2.24) is 9.88 Å². The molecule has 4 heteroatoms. The van der Waals surface area contributed by atoms with Crippen molar-refractivity contribution in [3.05, 3.63) is 28.5 Å². The minimum absolute atomic E-state index is 0.562. The Balaban J connectivity index is 2.06. The maximum Gasteiger partial charge on any atom is 0.0701 e. The van der Waals surface area contributed by atoms with Crippen LogP contribution in [0.5, 0.6) is 0 Å². The summed E-state index contributed by atoms with van der Waals surface area (Å²) in [6.07, 6.45) is 7.10. The van der Waals surface area contributed by atoms with Gasteiger partial charge in [0.1, 0.15) is 0 Å². The second-order valence-electron chi connectivity index (χ2n) is 5.07. The largest absolute Gasteiger partial charge is 0.389 e. The molecule has 1 fully saturated rings. The van der Waals surface area contributed by atoms with Crippen LogP contribution >= 0.6 is 15.9 Å². The summed E-state index contributed by atoms with van der Waals surface area (Å²) in [5, 5.41) is 10.6. The van der Waals surface area contributed by atoms with E-state index in [1.54, 1.807) is 6.20 Å². The normalized spacial score (nSPS) is 26.8. The summed E-state index contributed by atoms with van der Waals surface area (Å²) >= 11 is 3.42. The number of aromatic nitrogens is 1. The van der Waals surface area contributed by atoms with Gasteiger partial charge in [0.15, 0.2) is 0 Å². The zero-order chi connectivity index (χ0) is 12.3. The molecule has 0 spiro atoms. The molecule has 0 aliphatic carbocycles. The first-order valence-electron chi connectivity index (χ1n) is 6.08. The van der Waals surface area contributed by atoms with Gasteiger partial charge in [0, 0.05) is 29.8 Å².